The van der Waals surface area contributed by atoms with Crippen molar-refractivity contribution < 1.29 is 14.1 Å². The summed E-state index contributed by atoms with van der Waals surface area (Å²) in [6, 6.07) is 16.3. The molecular formula is C18H11N3O3. The average molecular weight is 317 g/mol. The Hall–Kier alpha value is -3.54. The van der Waals surface area contributed by atoms with Crippen molar-refractivity contribution in [3.05, 3.63) is 66.7 Å². The first kappa shape index (κ1) is 14.1. The van der Waals surface area contributed by atoms with E-state index in [1.54, 1.807) is 24.3 Å². The second-order valence-corrected chi connectivity index (χ2v) is 5.18. The SMILES string of the molecule is O=C1C=CC(=O)N1c1cccc(-c2nc(-c3ccccc3)no2)c1. The van der Waals surface area contributed by atoms with Crippen LogP contribution in [0.15, 0.2) is 71.3 Å². The zero-order valence-corrected chi connectivity index (χ0v) is 12.4. The van der Waals surface area contributed by atoms with Gasteiger partial charge in [0.25, 0.3) is 17.7 Å². The van der Waals surface area contributed by atoms with Crippen LogP contribution in [0.5, 0.6) is 0 Å². The van der Waals surface area contributed by atoms with Crippen LogP contribution in [-0.4, -0.2) is 22.0 Å². The zero-order valence-electron chi connectivity index (χ0n) is 12.4. The molecule has 0 N–H and O–H groups in total. The lowest BCUT2D eigenvalue weighted by Crippen LogP contribution is -2.29. The Balaban J connectivity index is 1.69. The van der Waals surface area contributed by atoms with Crippen molar-refractivity contribution in [2.75, 3.05) is 4.90 Å². The highest BCUT2D eigenvalue weighted by Gasteiger charge is 2.25. The molecule has 6 heteroatoms. The lowest BCUT2D eigenvalue weighted by atomic mass is 10.2. The van der Waals surface area contributed by atoms with Crippen molar-refractivity contribution in [2.45, 2.75) is 0 Å². The molecule has 2 aromatic carbocycles. The number of aromatic nitrogens is 2. The summed E-state index contributed by atoms with van der Waals surface area (Å²) in [5, 5.41) is 3.97. The highest BCUT2D eigenvalue weighted by Crippen LogP contribution is 2.27. The fraction of sp³-hybridized carbons (Fsp3) is 0. The van der Waals surface area contributed by atoms with Crippen LogP contribution < -0.4 is 4.90 Å². The normalized spacial score (nSPS) is 13.8. The first-order valence-electron chi connectivity index (χ1n) is 7.28. The van der Waals surface area contributed by atoms with Crippen LogP contribution in [0, 0.1) is 0 Å². The maximum absolute atomic E-state index is 11.8. The topological polar surface area (TPSA) is 76.3 Å². The number of benzene rings is 2. The number of imide groups is 1. The first-order chi connectivity index (χ1) is 11.7. The second kappa shape index (κ2) is 5.58. The molecule has 0 spiro atoms. The number of hydrogen-bond donors (Lipinski definition) is 0. The molecule has 0 unspecified atom stereocenters. The highest BCUT2D eigenvalue weighted by molar-refractivity contribution is 6.28. The summed E-state index contributed by atoms with van der Waals surface area (Å²) in [6.45, 7) is 0. The summed E-state index contributed by atoms with van der Waals surface area (Å²) in [6.07, 6.45) is 2.49. The summed E-state index contributed by atoms with van der Waals surface area (Å²) < 4.78 is 5.31. The summed E-state index contributed by atoms with van der Waals surface area (Å²) in [5.74, 6) is 0.0639. The van der Waals surface area contributed by atoms with Crippen LogP contribution in [0.1, 0.15) is 0 Å². The molecule has 1 aliphatic heterocycles. The van der Waals surface area contributed by atoms with Gasteiger partial charge >= 0.3 is 0 Å². The lowest BCUT2D eigenvalue weighted by Gasteiger charge is -2.13. The third-order valence-electron chi connectivity index (χ3n) is 3.62. The van der Waals surface area contributed by atoms with Gasteiger partial charge in [0.1, 0.15) is 0 Å². The number of hydrogen-bond acceptors (Lipinski definition) is 5. The predicted molar refractivity (Wildman–Crippen MR) is 86.8 cm³/mol. The molecule has 3 aromatic rings. The molecule has 0 fully saturated rings. The van der Waals surface area contributed by atoms with Gasteiger partial charge in [-0.1, -0.05) is 41.6 Å². The molecule has 0 saturated heterocycles. The monoisotopic (exact) mass is 317 g/mol. The third-order valence-corrected chi connectivity index (χ3v) is 3.62. The largest absolute Gasteiger partial charge is 0.334 e. The van der Waals surface area contributed by atoms with Gasteiger partial charge in [-0.15, -0.1) is 0 Å². The van der Waals surface area contributed by atoms with Crippen LogP contribution in [0.4, 0.5) is 5.69 Å². The van der Waals surface area contributed by atoms with Gasteiger partial charge in [-0.3, -0.25) is 9.59 Å². The number of rotatable bonds is 3. The molecule has 2 amide bonds. The van der Waals surface area contributed by atoms with Gasteiger partial charge in [-0.2, -0.15) is 4.98 Å². The molecule has 0 radical (unpaired) electrons. The van der Waals surface area contributed by atoms with E-state index in [9.17, 15) is 9.59 Å². The van der Waals surface area contributed by atoms with Gasteiger partial charge in [0.2, 0.25) is 5.82 Å². The maximum Gasteiger partial charge on any atom is 0.258 e. The molecule has 6 nitrogen and oxygen atoms in total. The molecule has 0 atom stereocenters. The number of amides is 2. The highest BCUT2D eigenvalue weighted by atomic mass is 16.5. The quantitative estimate of drug-likeness (QED) is 0.694. The summed E-state index contributed by atoms with van der Waals surface area (Å²) in [4.78, 5) is 29.0. The Morgan fingerprint density at radius 1 is 0.833 bits per heavy atom. The summed E-state index contributed by atoms with van der Waals surface area (Å²) in [7, 11) is 0. The van der Waals surface area contributed by atoms with Crippen LogP contribution in [-0.2, 0) is 9.59 Å². The molecule has 1 aromatic heterocycles. The van der Waals surface area contributed by atoms with Crippen LogP contribution >= 0.6 is 0 Å². The molecule has 24 heavy (non-hydrogen) atoms. The van der Waals surface area contributed by atoms with E-state index in [-0.39, 0.29) is 11.8 Å². The van der Waals surface area contributed by atoms with E-state index in [1.807, 2.05) is 30.3 Å². The van der Waals surface area contributed by atoms with Gasteiger partial charge in [-0.25, -0.2) is 4.90 Å². The molecule has 4 rings (SSSR count). The Kier molecular flexibility index (Phi) is 3.28. The second-order valence-electron chi connectivity index (χ2n) is 5.18. The van der Waals surface area contributed by atoms with Crippen LogP contribution in [0.3, 0.4) is 0 Å². The van der Waals surface area contributed by atoms with Gasteiger partial charge in [0.05, 0.1) is 5.69 Å². The Labute approximate surface area is 137 Å². The van der Waals surface area contributed by atoms with Crippen molar-refractivity contribution in [1.82, 2.24) is 10.1 Å². The Morgan fingerprint density at radius 2 is 1.54 bits per heavy atom. The van der Waals surface area contributed by atoms with Crippen LogP contribution in [0.2, 0.25) is 0 Å². The van der Waals surface area contributed by atoms with E-state index in [0.29, 0.717) is 23.0 Å². The fourth-order valence-electron chi connectivity index (χ4n) is 2.48. The number of anilines is 1. The van der Waals surface area contributed by atoms with E-state index >= 15 is 0 Å². The Morgan fingerprint density at radius 3 is 2.29 bits per heavy atom. The maximum atomic E-state index is 11.8. The van der Waals surface area contributed by atoms with Crippen molar-refractivity contribution >= 4 is 17.5 Å². The van der Waals surface area contributed by atoms with Crippen LogP contribution in [0.25, 0.3) is 22.8 Å². The Bertz CT molecular complexity index is 942. The van der Waals surface area contributed by atoms with Gasteiger partial charge in [0.15, 0.2) is 0 Å². The smallest absolute Gasteiger partial charge is 0.258 e. The molecule has 0 bridgehead atoms. The number of nitrogens with zero attached hydrogens (tertiary/aromatic N) is 3. The van der Waals surface area contributed by atoms with E-state index in [4.69, 9.17) is 4.52 Å². The molecule has 116 valence electrons. The molecule has 0 saturated carbocycles. The van der Waals surface area contributed by atoms with E-state index in [2.05, 4.69) is 10.1 Å². The minimum absolute atomic E-state index is 0.322. The van der Waals surface area contributed by atoms with Crippen molar-refractivity contribution in [3.8, 4) is 22.8 Å². The van der Waals surface area contributed by atoms with Crippen molar-refractivity contribution in [1.29, 1.82) is 0 Å². The average Bonchev–Trinajstić information content (AvgIpc) is 3.23. The van der Waals surface area contributed by atoms with Gasteiger partial charge in [0, 0.05) is 23.3 Å². The third kappa shape index (κ3) is 2.40. The number of carbonyl (C=O) groups is 2. The fourth-order valence-corrected chi connectivity index (χ4v) is 2.48. The number of carbonyl (C=O) groups excluding carboxylic acids is 2. The van der Waals surface area contributed by atoms with E-state index in [1.165, 1.54) is 12.2 Å². The zero-order chi connectivity index (χ0) is 16.5. The lowest BCUT2D eigenvalue weighted by molar-refractivity contribution is -0.119. The minimum Gasteiger partial charge on any atom is -0.334 e. The predicted octanol–water partition coefficient (Wildman–Crippen LogP) is 2.83. The van der Waals surface area contributed by atoms with Gasteiger partial charge < -0.3 is 4.52 Å². The summed E-state index contributed by atoms with van der Waals surface area (Å²) in [5.41, 5.74) is 1.94. The van der Waals surface area contributed by atoms with E-state index in [0.717, 1.165) is 10.5 Å². The molecule has 1 aliphatic rings. The van der Waals surface area contributed by atoms with Crippen molar-refractivity contribution in [2.24, 2.45) is 0 Å². The standard InChI is InChI=1S/C18H11N3O3/c22-15-9-10-16(23)21(15)14-8-4-7-13(11-14)18-19-17(20-24-18)12-5-2-1-3-6-12/h1-11H. The minimum atomic E-state index is -0.368. The van der Waals surface area contributed by atoms with Gasteiger partial charge in [-0.05, 0) is 18.2 Å². The van der Waals surface area contributed by atoms with E-state index < -0.39 is 0 Å². The molecular weight excluding hydrogens is 306 g/mol. The summed E-state index contributed by atoms with van der Waals surface area (Å²) >= 11 is 0. The molecule has 0 aliphatic carbocycles. The van der Waals surface area contributed by atoms with Crippen molar-refractivity contribution in [3.63, 3.8) is 0 Å². The first-order valence-corrected chi connectivity index (χ1v) is 7.28. The molecule has 2 heterocycles.